The number of benzene rings is 1. The van der Waals surface area contributed by atoms with Crippen LogP contribution in [0.15, 0.2) is 30.3 Å². The summed E-state index contributed by atoms with van der Waals surface area (Å²) in [6, 6.07) is 7.92. The lowest BCUT2D eigenvalue weighted by atomic mass is 10.3. The molecule has 6 heteroatoms. The van der Waals surface area contributed by atoms with Crippen molar-refractivity contribution in [2.75, 3.05) is 6.61 Å². The van der Waals surface area contributed by atoms with Crippen LogP contribution in [-0.2, 0) is 4.79 Å². The molecular formula is C11H12F3NO2. The Balaban J connectivity index is 2.36. The lowest BCUT2D eigenvalue weighted by molar-refractivity contribution is -0.174. The van der Waals surface area contributed by atoms with Gasteiger partial charge in [0.15, 0.2) is 0 Å². The summed E-state index contributed by atoms with van der Waals surface area (Å²) in [5.74, 6) is -1.41. The van der Waals surface area contributed by atoms with Gasteiger partial charge in [-0.3, -0.25) is 4.79 Å². The fourth-order valence-electron chi connectivity index (χ4n) is 1.09. The van der Waals surface area contributed by atoms with Crippen LogP contribution < -0.4 is 10.1 Å². The zero-order chi connectivity index (χ0) is 12.9. The first-order chi connectivity index (χ1) is 7.89. The number of nitrogens with one attached hydrogen (secondary N) is 1. The molecule has 1 unspecified atom stereocenters. The Hall–Kier alpha value is -1.72. The molecule has 0 aromatic heterocycles. The van der Waals surface area contributed by atoms with Gasteiger partial charge in [-0.15, -0.1) is 0 Å². The van der Waals surface area contributed by atoms with E-state index in [-0.39, 0.29) is 6.61 Å². The molecule has 17 heavy (non-hydrogen) atoms. The molecule has 0 fully saturated rings. The number of amides is 1. The van der Waals surface area contributed by atoms with E-state index >= 15 is 0 Å². The Morgan fingerprint density at radius 1 is 1.35 bits per heavy atom. The minimum Gasteiger partial charge on any atom is -0.491 e. The summed E-state index contributed by atoms with van der Waals surface area (Å²) in [5.41, 5.74) is 0. The lowest BCUT2D eigenvalue weighted by Crippen LogP contribution is -2.44. The average molecular weight is 247 g/mol. The van der Waals surface area contributed by atoms with E-state index in [1.165, 1.54) is 6.92 Å². The average Bonchev–Trinajstić information content (AvgIpc) is 2.26. The number of alkyl halides is 3. The van der Waals surface area contributed by atoms with Gasteiger partial charge in [-0.2, -0.15) is 13.2 Å². The summed E-state index contributed by atoms with van der Waals surface area (Å²) in [5, 5.41) is 1.80. The number of halogens is 3. The van der Waals surface area contributed by atoms with Crippen molar-refractivity contribution < 1.29 is 22.7 Å². The van der Waals surface area contributed by atoms with E-state index in [4.69, 9.17) is 4.74 Å². The highest BCUT2D eigenvalue weighted by Crippen LogP contribution is 2.14. The van der Waals surface area contributed by atoms with Gasteiger partial charge in [0.05, 0.1) is 6.04 Å². The molecule has 1 N–H and O–H groups in total. The fourth-order valence-corrected chi connectivity index (χ4v) is 1.09. The van der Waals surface area contributed by atoms with Crippen molar-refractivity contribution in [2.45, 2.75) is 19.1 Å². The molecule has 1 atom stereocenters. The van der Waals surface area contributed by atoms with E-state index in [1.807, 2.05) is 0 Å². The minimum absolute atomic E-state index is 0.0220. The lowest BCUT2D eigenvalue weighted by Gasteiger charge is -2.15. The predicted octanol–water partition coefficient (Wildman–Crippen LogP) is 2.13. The van der Waals surface area contributed by atoms with Gasteiger partial charge in [0.2, 0.25) is 0 Å². The predicted molar refractivity (Wildman–Crippen MR) is 55.6 cm³/mol. The van der Waals surface area contributed by atoms with Crippen molar-refractivity contribution in [2.24, 2.45) is 0 Å². The largest absolute Gasteiger partial charge is 0.491 e. The molecule has 0 bridgehead atoms. The molecule has 1 aromatic rings. The highest BCUT2D eigenvalue weighted by atomic mass is 19.4. The highest BCUT2D eigenvalue weighted by Gasteiger charge is 2.39. The molecular weight excluding hydrogens is 235 g/mol. The van der Waals surface area contributed by atoms with Gasteiger partial charge in [0.1, 0.15) is 12.4 Å². The number of ether oxygens (including phenoxy) is 1. The van der Waals surface area contributed by atoms with Crippen LogP contribution in [0.1, 0.15) is 6.92 Å². The second-order valence-electron chi connectivity index (χ2n) is 3.50. The maximum atomic E-state index is 11.9. The van der Waals surface area contributed by atoms with Crippen molar-refractivity contribution in [1.82, 2.24) is 5.32 Å². The summed E-state index contributed by atoms with van der Waals surface area (Å²) in [4.78, 5) is 10.6. The van der Waals surface area contributed by atoms with E-state index < -0.39 is 18.1 Å². The van der Waals surface area contributed by atoms with Gasteiger partial charge < -0.3 is 10.1 Å². The van der Waals surface area contributed by atoms with E-state index in [2.05, 4.69) is 0 Å². The SMILES string of the molecule is CC(COc1ccccc1)NC(=O)C(F)(F)F. The second kappa shape index (κ2) is 5.56. The number of carbonyl (C=O) groups is 1. The van der Waals surface area contributed by atoms with Crippen LogP contribution >= 0.6 is 0 Å². The Kier molecular flexibility index (Phi) is 4.37. The zero-order valence-electron chi connectivity index (χ0n) is 9.12. The van der Waals surface area contributed by atoms with Crippen molar-refractivity contribution in [3.63, 3.8) is 0 Å². The minimum atomic E-state index is -4.86. The molecule has 0 spiro atoms. The molecule has 94 valence electrons. The molecule has 1 rings (SSSR count). The molecule has 0 aliphatic heterocycles. The topological polar surface area (TPSA) is 38.3 Å². The quantitative estimate of drug-likeness (QED) is 0.885. The maximum absolute atomic E-state index is 11.9. The molecule has 0 aliphatic carbocycles. The Labute approximate surface area is 96.6 Å². The maximum Gasteiger partial charge on any atom is 0.471 e. The van der Waals surface area contributed by atoms with Crippen molar-refractivity contribution in [3.8, 4) is 5.75 Å². The molecule has 1 aromatic carbocycles. The Morgan fingerprint density at radius 3 is 2.47 bits per heavy atom. The van der Waals surface area contributed by atoms with Crippen molar-refractivity contribution >= 4 is 5.91 Å². The summed E-state index contributed by atoms with van der Waals surface area (Å²) >= 11 is 0. The van der Waals surface area contributed by atoms with Crippen LogP contribution in [0.4, 0.5) is 13.2 Å². The third-order valence-electron chi connectivity index (χ3n) is 1.88. The summed E-state index contributed by atoms with van der Waals surface area (Å²) in [6.45, 7) is 1.42. The standard InChI is InChI=1S/C11H12F3NO2/c1-8(15-10(16)11(12,13)14)7-17-9-5-3-2-4-6-9/h2-6,8H,7H2,1H3,(H,15,16). The first kappa shape index (κ1) is 13.3. The van der Waals surface area contributed by atoms with Crippen LogP contribution in [-0.4, -0.2) is 24.7 Å². The number of hydrogen-bond donors (Lipinski definition) is 1. The number of hydrogen-bond acceptors (Lipinski definition) is 2. The van der Waals surface area contributed by atoms with Crippen LogP contribution in [0.3, 0.4) is 0 Å². The molecule has 0 saturated carbocycles. The van der Waals surface area contributed by atoms with Crippen LogP contribution in [0.25, 0.3) is 0 Å². The highest BCUT2D eigenvalue weighted by molar-refractivity contribution is 5.81. The van der Waals surface area contributed by atoms with Crippen molar-refractivity contribution in [3.05, 3.63) is 30.3 Å². The Bertz CT molecular complexity index is 365. The molecule has 0 aliphatic rings. The number of para-hydroxylation sites is 1. The van der Waals surface area contributed by atoms with Gasteiger partial charge in [-0.05, 0) is 19.1 Å². The van der Waals surface area contributed by atoms with Gasteiger partial charge in [0, 0.05) is 0 Å². The molecule has 0 radical (unpaired) electrons. The monoisotopic (exact) mass is 247 g/mol. The van der Waals surface area contributed by atoms with Crippen LogP contribution in [0.5, 0.6) is 5.75 Å². The number of rotatable bonds is 4. The van der Waals surface area contributed by atoms with E-state index in [0.29, 0.717) is 5.75 Å². The third kappa shape index (κ3) is 4.76. The fraction of sp³-hybridized carbons (Fsp3) is 0.364. The van der Waals surface area contributed by atoms with E-state index in [1.54, 1.807) is 35.6 Å². The first-order valence-electron chi connectivity index (χ1n) is 4.95. The second-order valence-corrected chi connectivity index (χ2v) is 3.50. The molecule has 0 saturated heterocycles. The van der Waals surface area contributed by atoms with Crippen LogP contribution in [0, 0.1) is 0 Å². The van der Waals surface area contributed by atoms with E-state index in [9.17, 15) is 18.0 Å². The Morgan fingerprint density at radius 2 is 1.94 bits per heavy atom. The number of carbonyl (C=O) groups excluding carboxylic acids is 1. The first-order valence-corrected chi connectivity index (χ1v) is 4.95. The van der Waals surface area contributed by atoms with E-state index in [0.717, 1.165) is 0 Å². The van der Waals surface area contributed by atoms with Crippen molar-refractivity contribution in [1.29, 1.82) is 0 Å². The van der Waals surface area contributed by atoms with Gasteiger partial charge in [-0.25, -0.2) is 0 Å². The van der Waals surface area contributed by atoms with Crippen LogP contribution in [0.2, 0.25) is 0 Å². The normalized spacial score (nSPS) is 12.9. The zero-order valence-corrected chi connectivity index (χ0v) is 9.12. The van der Waals surface area contributed by atoms with Gasteiger partial charge in [-0.1, -0.05) is 18.2 Å². The molecule has 1 amide bonds. The smallest absolute Gasteiger partial charge is 0.471 e. The summed E-state index contributed by atoms with van der Waals surface area (Å²) < 4.78 is 41.0. The third-order valence-corrected chi connectivity index (χ3v) is 1.88. The molecule has 0 heterocycles. The molecule has 3 nitrogen and oxygen atoms in total. The van der Waals surface area contributed by atoms with Gasteiger partial charge in [0.25, 0.3) is 0 Å². The van der Waals surface area contributed by atoms with Gasteiger partial charge >= 0.3 is 12.1 Å². The summed E-state index contributed by atoms with van der Waals surface area (Å²) in [7, 11) is 0. The summed E-state index contributed by atoms with van der Waals surface area (Å²) in [6.07, 6.45) is -4.86.